The van der Waals surface area contributed by atoms with Gasteiger partial charge in [-0.25, -0.2) is 0 Å². The Morgan fingerprint density at radius 1 is 0.342 bits per heavy atom. The number of para-hydroxylation sites is 4. The van der Waals surface area contributed by atoms with E-state index in [1.54, 1.807) is 6.08 Å². The van der Waals surface area contributed by atoms with Crippen molar-refractivity contribution < 1.29 is 0 Å². The molecule has 11 aromatic carbocycles. The Morgan fingerprint density at radius 2 is 0.671 bits per heavy atom. The molecule has 0 amide bonds. The molecule has 1 aromatic heterocycles. The minimum atomic E-state index is 1.09. The lowest BCUT2D eigenvalue weighted by atomic mass is 9.85. The summed E-state index contributed by atoms with van der Waals surface area (Å²) < 4.78 is 2.45. The maximum absolute atomic E-state index is 3.36. The van der Waals surface area contributed by atoms with Gasteiger partial charge in [0.1, 0.15) is 0 Å². The summed E-state index contributed by atoms with van der Waals surface area (Å²) >= 11 is 0. The Balaban J connectivity index is 0.000000896. The van der Waals surface area contributed by atoms with Crippen molar-refractivity contribution in [1.29, 1.82) is 0 Å². The molecule has 0 unspecified atom stereocenters. The third-order valence-corrected chi connectivity index (χ3v) is 13.0. The lowest BCUT2D eigenvalue weighted by Crippen LogP contribution is -2.09. The molecular formula is C70H63N3. The summed E-state index contributed by atoms with van der Waals surface area (Å²) in [7, 11) is 0. The summed E-state index contributed by atoms with van der Waals surface area (Å²) in [5.74, 6) is 0. The second-order valence-electron chi connectivity index (χ2n) is 17.4. The van der Waals surface area contributed by atoms with Gasteiger partial charge in [0.25, 0.3) is 0 Å². The normalized spacial score (nSPS) is 10.7. The Morgan fingerprint density at radius 3 is 1.03 bits per heavy atom. The number of fused-ring (bicyclic) bond motifs is 5. The predicted octanol–water partition coefficient (Wildman–Crippen LogP) is 20.9. The second-order valence-corrected chi connectivity index (χ2v) is 17.4. The molecule has 0 aliphatic rings. The molecule has 1 heterocycles. The van der Waals surface area contributed by atoms with Crippen molar-refractivity contribution in [2.24, 2.45) is 0 Å². The third kappa shape index (κ3) is 9.66. The van der Waals surface area contributed by atoms with Crippen LogP contribution in [0.25, 0.3) is 71.3 Å². The number of allylic oxidation sites excluding steroid dienone is 1. The summed E-state index contributed by atoms with van der Waals surface area (Å²) in [5, 5.41) is 7.39. The fraction of sp³-hybridized carbons (Fsp3) is 0.0857. The van der Waals surface area contributed by atoms with Crippen molar-refractivity contribution >= 4 is 77.5 Å². The number of benzene rings is 11. The fourth-order valence-electron chi connectivity index (χ4n) is 10.2. The Kier molecular flexibility index (Phi) is 15.4. The standard InChI is InChI=1S/C63H45N3.C3H6.2C2H6/c1-44-41-50(35-38-53(44)63-56-33-19-17-31-54(56)62(45-21-7-2-8-22-45)55-32-18-20-34-57(55)63)66-60-39-36-51(64(46-23-9-3-10-24-46)47-25-11-4-12-26-47)42-58(60)59-43-52(37-40-61(59)66)65(48-27-13-5-14-28-48)49-29-15-6-16-30-49;1-3-2;2*1-2/h2-43H,1H3;3H,1H2,2H3;2*1-2H3. The van der Waals surface area contributed by atoms with Crippen molar-refractivity contribution in [3.63, 3.8) is 0 Å². The number of hydrogen-bond donors (Lipinski definition) is 0. The van der Waals surface area contributed by atoms with Gasteiger partial charge in [0, 0.05) is 50.6 Å². The zero-order valence-electron chi connectivity index (χ0n) is 42.9. The smallest absolute Gasteiger partial charge is 0.0542 e. The number of hydrogen-bond acceptors (Lipinski definition) is 2. The SMILES string of the molecule is C=CC.CC.CC.Cc1cc(-n2c3ccc(N(c4ccccc4)c4ccccc4)cc3c3cc(N(c4ccccc4)c4ccccc4)ccc32)ccc1-c1c2ccccc2c(-c2ccccc2)c2ccccc12. The summed E-state index contributed by atoms with van der Waals surface area (Å²) in [6, 6.07) is 92.3. The van der Waals surface area contributed by atoms with Crippen molar-refractivity contribution in [1.82, 2.24) is 4.57 Å². The number of rotatable bonds is 9. The average molecular weight is 946 g/mol. The number of aryl methyl sites for hydroxylation is 1. The van der Waals surface area contributed by atoms with Gasteiger partial charge in [0.2, 0.25) is 0 Å². The summed E-state index contributed by atoms with van der Waals surface area (Å²) in [6.07, 6.45) is 1.75. The maximum atomic E-state index is 3.36. The predicted molar refractivity (Wildman–Crippen MR) is 319 cm³/mol. The van der Waals surface area contributed by atoms with Gasteiger partial charge >= 0.3 is 0 Å². The van der Waals surface area contributed by atoms with Gasteiger partial charge in [-0.15, -0.1) is 6.58 Å². The van der Waals surface area contributed by atoms with Gasteiger partial charge in [0.15, 0.2) is 0 Å². The first kappa shape index (κ1) is 49.1. The number of aromatic nitrogens is 1. The van der Waals surface area contributed by atoms with Crippen molar-refractivity contribution in [2.75, 3.05) is 9.80 Å². The van der Waals surface area contributed by atoms with E-state index in [0.717, 1.165) is 50.8 Å². The van der Waals surface area contributed by atoms with Crippen molar-refractivity contribution in [2.45, 2.75) is 41.5 Å². The molecular weight excluding hydrogens is 883 g/mol. The highest BCUT2D eigenvalue weighted by Crippen LogP contribution is 2.46. The van der Waals surface area contributed by atoms with Crippen LogP contribution in [-0.2, 0) is 0 Å². The van der Waals surface area contributed by atoms with Crippen LogP contribution in [0.2, 0.25) is 0 Å². The van der Waals surface area contributed by atoms with Gasteiger partial charge in [0.05, 0.1) is 11.0 Å². The zero-order chi connectivity index (χ0) is 50.7. The highest BCUT2D eigenvalue weighted by atomic mass is 15.1. The molecule has 12 aromatic rings. The molecule has 12 rings (SSSR count). The van der Waals surface area contributed by atoms with Gasteiger partial charge in [-0.1, -0.05) is 191 Å². The molecule has 3 nitrogen and oxygen atoms in total. The molecule has 0 radical (unpaired) electrons. The third-order valence-electron chi connectivity index (χ3n) is 13.0. The highest BCUT2D eigenvalue weighted by molar-refractivity contribution is 6.21. The van der Waals surface area contributed by atoms with Gasteiger partial charge in [-0.2, -0.15) is 0 Å². The van der Waals surface area contributed by atoms with E-state index in [0.29, 0.717) is 0 Å². The first-order chi connectivity index (χ1) is 36.1. The van der Waals surface area contributed by atoms with Crippen LogP contribution < -0.4 is 9.80 Å². The molecule has 73 heavy (non-hydrogen) atoms. The minimum Gasteiger partial charge on any atom is -0.310 e. The molecule has 0 bridgehead atoms. The molecule has 0 aliphatic carbocycles. The van der Waals surface area contributed by atoms with E-state index < -0.39 is 0 Å². The molecule has 0 spiro atoms. The van der Waals surface area contributed by atoms with E-state index >= 15 is 0 Å². The highest BCUT2D eigenvalue weighted by Gasteiger charge is 2.22. The fourth-order valence-corrected chi connectivity index (χ4v) is 10.2. The summed E-state index contributed by atoms with van der Waals surface area (Å²) in [5.41, 5.74) is 16.3. The van der Waals surface area contributed by atoms with Crippen LogP contribution in [0.1, 0.15) is 40.2 Å². The Hall–Kier alpha value is -8.92. The molecule has 0 aliphatic heterocycles. The molecule has 0 saturated heterocycles. The first-order valence-corrected chi connectivity index (χ1v) is 25.7. The lowest BCUT2D eigenvalue weighted by molar-refractivity contribution is 1.17. The van der Waals surface area contributed by atoms with Crippen LogP contribution in [-0.4, -0.2) is 4.57 Å². The molecule has 0 atom stereocenters. The monoisotopic (exact) mass is 946 g/mol. The second kappa shape index (κ2) is 22.9. The van der Waals surface area contributed by atoms with E-state index in [2.05, 4.69) is 283 Å². The summed E-state index contributed by atoms with van der Waals surface area (Å²) in [6.45, 7) is 15.5. The van der Waals surface area contributed by atoms with Crippen molar-refractivity contribution in [3.8, 4) is 27.9 Å². The topological polar surface area (TPSA) is 11.4 Å². The largest absolute Gasteiger partial charge is 0.310 e. The number of nitrogens with zero attached hydrogens (tertiary/aromatic N) is 3. The molecule has 3 heteroatoms. The molecule has 0 N–H and O–H groups in total. The first-order valence-electron chi connectivity index (χ1n) is 25.7. The van der Waals surface area contributed by atoms with Crippen LogP contribution >= 0.6 is 0 Å². The average Bonchev–Trinajstić information content (AvgIpc) is 3.78. The van der Waals surface area contributed by atoms with E-state index in [9.17, 15) is 0 Å². The van der Waals surface area contributed by atoms with E-state index in [-0.39, 0.29) is 0 Å². The van der Waals surface area contributed by atoms with Crippen LogP contribution in [0.4, 0.5) is 34.1 Å². The lowest BCUT2D eigenvalue weighted by Gasteiger charge is -2.26. The Bertz CT molecular complexity index is 3470. The molecule has 0 saturated carbocycles. The summed E-state index contributed by atoms with van der Waals surface area (Å²) in [4.78, 5) is 4.70. The van der Waals surface area contributed by atoms with E-state index in [1.807, 2.05) is 34.6 Å². The van der Waals surface area contributed by atoms with E-state index in [4.69, 9.17) is 0 Å². The van der Waals surface area contributed by atoms with E-state index in [1.165, 1.54) is 60.1 Å². The van der Waals surface area contributed by atoms with Crippen LogP contribution in [0.15, 0.2) is 267 Å². The molecule has 0 fully saturated rings. The number of anilines is 6. The zero-order valence-corrected chi connectivity index (χ0v) is 42.9. The van der Waals surface area contributed by atoms with Crippen LogP contribution in [0.3, 0.4) is 0 Å². The Labute approximate surface area is 432 Å². The van der Waals surface area contributed by atoms with Gasteiger partial charge in [-0.3, -0.25) is 0 Å². The molecule has 358 valence electrons. The van der Waals surface area contributed by atoms with Gasteiger partial charge in [-0.05, 0) is 160 Å². The van der Waals surface area contributed by atoms with Crippen molar-refractivity contribution in [3.05, 3.63) is 273 Å². The minimum absolute atomic E-state index is 1.09. The quantitative estimate of drug-likeness (QED) is 0.106. The van der Waals surface area contributed by atoms with Crippen LogP contribution in [0, 0.1) is 6.92 Å². The van der Waals surface area contributed by atoms with Crippen LogP contribution in [0.5, 0.6) is 0 Å². The van der Waals surface area contributed by atoms with Gasteiger partial charge < -0.3 is 14.4 Å². The maximum Gasteiger partial charge on any atom is 0.0542 e.